The van der Waals surface area contributed by atoms with Gasteiger partial charge in [0, 0.05) is 22.2 Å². The number of pyridine rings is 1. The minimum atomic E-state index is -0.784. The SMILES string of the molecule is CSCC(C)(O)CNc1c(N)cnc2ccc(Br)cc12. The molecule has 0 amide bonds. The number of aliphatic hydroxyl groups is 1. The molecule has 0 bridgehead atoms. The topological polar surface area (TPSA) is 71.2 Å². The summed E-state index contributed by atoms with van der Waals surface area (Å²) >= 11 is 5.07. The van der Waals surface area contributed by atoms with Crippen LogP contribution in [0.3, 0.4) is 0 Å². The van der Waals surface area contributed by atoms with Gasteiger partial charge in [-0.05, 0) is 31.4 Å². The molecule has 0 saturated heterocycles. The van der Waals surface area contributed by atoms with Gasteiger partial charge < -0.3 is 16.2 Å². The van der Waals surface area contributed by atoms with Crippen molar-refractivity contribution in [3.8, 4) is 0 Å². The van der Waals surface area contributed by atoms with E-state index in [1.165, 1.54) is 0 Å². The molecule has 0 fully saturated rings. The highest BCUT2D eigenvalue weighted by atomic mass is 79.9. The zero-order valence-electron chi connectivity index (χ0n) is 11.5. The molecule has 4 nitrogen and oxygen atoms in total. The predicted octanol–water partition coefficient (Wildman–Crippen LogP) is 3.11. The molecule has 1 unspecified atom stereocenters. The molecular formula is C14H18BrN3OS. The number of halogens is 1. The molecular weight excluding hydrogens is 338 g/mol. The van der Waals surface area contributed by atoms with Crippen LogP contribution in [0.5, 0.6) is 0 Å². The Bertz CT molecular complexity index is 613. The maximum atomic E-state index is 10.2. The Hall–Kier alpha value is -0.980. The van der Waals surface area contributed by atoms with Crippen LogP contribution in [0.15, 0.2) is 28.9 Å². The first kappa shape index (κ1) is 15.4. The van der Waals surface area contributed by atoms with E-state index in [-0.39, 0.29) is 0 Å². The first-order valence-electron chi connectivity index (χ1n) is 6.22. The summed E-state index contributed by atoms with van der Waals surface area (Å²) in [7, 11) is 0. The molecule has 1 aromatic carbocycles. The number of fused-ring (bicyclic) bond motifs is 1. The van der Waals surface area contributed by atoms with Gasteiger partial charge >= 0.3 is 0 Å². The van der Waals surface area contributed by atoms with Crippen molar-refractivity contribution in [2.24, 2.45) is 0 Å². The average Bonchev–Trinajstić information content (AvgIpc) is 2.37. The molecule has 4 N–H and O–H groups in total. The van der Waals surface area contributed by atoms with Crippen molar-refractivity contribution in [1.82, 2.24) is 4.98 Å². The molecule has 108 valence electrons. The predicted molar refractivity (Wildman–Crippen MR) is 91.4 cm³/mol. The maximum Gasteiger partial charge on any atom is 0.0881 e. The Balaban J connectivity index is 2.33. The van der Waals surface area contributed by atoms with Crippen LogP contribution >= 0.6 is 27.7 Å². The van der Waals surface area contributed by atoms with E-state index in [1.54, 1.807) is 18.0 Å². The largest absolute Gasteiger partial charge is 0.396 e. The van der Waals surface area contributed by atoms with Crippen LogP contribution < -0.4 is 11.1 Å². The van der Waals surface area contributed by atoms with Gasteiger partial charge in [0.05, 0.1) is 28.7 Å². The Labute approximate surface area is 131 Å². The van der Waals surface area contributed by atoms with Crippen LogP contribution in [0.2, 0.25) is 0 Å². The molecule has 0 aliphatic rings. The first-order valence-corrected chi connectivity index (χ1v) is 8.40. The molecule has 1 aromatic heterocycles. The van der Waals surface area contributed by atoms with Gasteiger partial charge in [-0.2, -0.15) is 11.8 Å². The molecule has 2 rings (SSSR count). The number of nitrogens with two attached hydrogens (primary N) is 1. The number of nitrogens with zero attached hydrogens (tertiary/aromatic N) is 1. The lowest BCUT2D eigenvalue weighted by atomic mass is 10.1. The van der Waals surface area contributed by atoms with Gasteiger partial charge in [-0.1, -0.05) is 15.9 Å². The number of benzene rings is 1. The van der Waals surface area contributed by atoms with Crippen LogP contribution in [0.1, 0.15) is 6.92 Å². The lowest BCUT2D eigenvalue weighted by molar-refractivity contribution is 0.0998. The molecule has 0 aliphatic carbocycles. The number of hydrogen-bond donors (Lipinski definition) is 3. The molecule has 1 atom stereocenters. The highest BCUT2D eigenvalue weighted by Gasteiger charge is 2.20. The van der Waals surface area contributed by atoms with Crippen molar-refractivity contribution in [2.75, 3.05) is 29.6 Å². The van der Waals surface area contributed by atoms with Gasteiger partial charge in [0.25, 0.3) is 0 Å². The molecule has 6 heteroatoms. The Morgan fingerprint density at radius 1 is 1.50 bits per heavy atom. The molecule has 0 aliphatic heterocycles. The summed E-state index contributed by atoms with van der Waals surface area (Å²) in [6.07, 6.45) is 3.61. The summed E-state index contributed by atoms with van der Waals surface area (Å²) in [6, 6.07) is 5.85. The Morgan fingerprint density at radius 2 is 2.25 bits per heavy atom. The number of thioether (sulfide) groups is 1. The molecule has 0 spiro atoms. The number of nitrogen functional groups attached to an aromatic ring is 1. The second-order valence-corrected chi connectivity index (χ2v) is 6.82. The summed E-state index contributed by atoms with van der Waals surface area (Å²) in [4.78, 5) is 4.31. The smallest absolute Gasteiger partial charge is 0.0881 e. The van der Waals surface area contributed by atoms with E-state index in [1.807, 2.05) is 31.4 Å². The highest BCUT2D eigenvalue weighted by Crippen LogP contribution is 2.30. The summed E-state index contributed by atoms with van der Waals surface area (Å²) in [5, 5.41) is 14.4. The highest BCUT2D eigenvalue weighted by molar-refractivity contribution is 9.10. The van der Waals surface area contributed by atoms with Crippen molar-refractivity contribution < 1.29 is 5.11 Å². The van der Waals surface area contributed by atoms with Gasteiger partial charge in [-0.3, -0.25) is 4.98 Å². The summed E-state index contributed by atoms with van der Waals surface area (Å²) in [5.41, 5.74) is 7.49. The van der Waals surface area contributed by atoms with Crippen LogP contribution in [-0.2, 0) is 0 Å². The van der Waals surface area contributed by atoms with Gasteiger partial charge in [0.2, 0.25) is 0 Å². The standard InChI is InChI=1S/C14H18BrN3OS/c1-14(19,8-20-2)7-18-13-10-5-9(15)3-4-12(10)17-6-11(13)16/h3-6,19H,7-8,16H2,1-2H3,(H,17,18). The first-order chi connectivity index (χ1) is 9.43. The van der Waals surface area contributed by atoms with E-state index in [9.17, 15) is 5.11 Å². The van der Waals surface area contributed by atoms with Crippen LogP contribution in [-0.4, -0.2) is 34.2 Å². The molecule has 2 aromatic rings. The van der Waals surface area contributed by atoms with E-state index in [4.69, 9.17) is 5.73 Å². The van der Waals surface area contributed by atoms with Gasteiger partial charge in [0.1, 0.15) is 0 Å². The molecule has 20 heavy (non-hydrogen) atoms. The monoisotopic (exact) mass is 355 g/mol. The summed E-state index contributed by atoms with van der Waals surface area (Å²) in [5.74, 6) is 0.659. The van der Waals surface area contributed by atoms with Crippen molar-refractivity contribution in [1.29, 1.82) is 0 Å². The number of rotatable bonds is 5. The zero-order valence-corrected chi connectivity index (χ0v) is 13.9. The summed E-state index contributed by atoms with van der Waals surface area (Å²) in [6.45, 7) is 2.25. The molecule has 0 radical (unpaired) electrons. The Kier molecular flexibility index (Phi) is 4.78. The molecule has 1 heterocycles. The number of aromatic nitrogens is 1. The third kappa shape index (κ3) is 3.56. The van der Waals surface area contributed by atoms with Crippen molar-refractivity contribution in [3.63, 3.8) is 0 Å². The number of anilines is 2. The van der Waals surface area contributed by atoms with Gasteiger partial charge in [-0.25, -0.2) is 0 Å². The zero-order chi connectivity index (χ0) is 14.8. The van der Waals surface area contributed by atoms with E-state index in [0.29, 0.717) is 18.0 Å². The maximum absolute atomic E-state index is 10.2. The van der Waals surface area contributed by atoms with Crippen LogP contribution in [0.25, 0.3) is 10.9 Å². The van der Waals surface area contributed by atoms with Crippen molar-refractivity contribution in [2.45, 2.75) is 12.5 Å². The van der Waals surface area contributed by atoms with Crippen LogP contribution in [0.4, 0.5) is 11.4 Å². The van der Waals surface area contributed by atoms with E-state index in [0.717, 1.165) is 21.1 Å². The fourth-order valence-electron chi connectivity index (χ4n) is 2.02. The quantitative estimate of drug-likeness (QED) is 0.768. The lowest BCUT2D eigenvalue weighted by Gasteiger charge is -2.24. The van der Waals surface area contributed by atoms with Gasteiger partial charge in [0.15, 0.2) is 0 Å². The fraction of sp³-hybridized carbons (Fsp3) is 0.357. The fourth-order valence-corrected chi connectivity index (χ4v) is 3.10. The average molecular weight is 356 g/mol. The van der Waals surface area contributed by atoms with Crippen molar-refractivity contribution in [3.05, 3.63) is 28.9 Å². The third-order valence-electron chi connectivity index (χ3n) is 2.96. The van der Waals surface area contributed by atoms with E-state index >= 15 is 0 Å². The van der Waals surface area contributed by atoms with Gasteiger partial charge in [-0.15, -0.1) is 0 Å². The normalized spacial score (nSPS) is 14.2. The molecule has 0 saturated carbocycles. The van der Waals surface area contributed by atoms with Crippen molar-refractivity contribution >= 4 is 50.0 Å². The lowest BCUT2D eigenvalue weighted by Crippen LogP contribution is -2.36. The minimum absolute atomic E-state index is 0.434. The minimum Gasteiger partial charge on any atom is -0.396 e. The second-order valence-electron chi connectivity index (χ2n) is 5.03. The van der Waals surface area contributed by atoms with E-state index in [2.05, 4.69) is 26.2 Å². The summed E-state index contributed by atoms with van der Waals surface area (Å²) < 4.78 is 0.969. The number of hydrogen-bond acceptors (Lipinski definition) is 5. The van der Waals surface area contributed by atoms with Crippen LogP contribution in [0, 0.1) is 0 Å². The van der Waals surface area contributed by atoms with E-state index < -0.39 is 5.60 Å². The Morgan fingerprint density at radius 3 is 2.95 bits per heavy atom. The third-order valence-corrected chi connectivity index (χ3v) is 4.36. The number of nitrogens with one attached hydrogen (secondary N) is 1. The second kappa shape index (κ2) is 6.20.